The van der Waals surface area contributed by atoms with E-state index in [0.717, 1.165) is 37.2 Å². The number of hydrogen-bond acceptors (Lipinski definition) is 3. The molecule has 3 rings (SSSR count). The van der Waals surface area contributed by atoms with Gasteiger partial charge in [0.2, 0.25) is 0 Å². The first-order valence-electron chi connectivity index (χ1n) is 11.2. The van der Waals surface area contributed by atoms with Crippen molar-refractivity contribution in [2.75, 3.05) is 20.1 Å². The number of likely N-dealkylation sites (tertiary alicyclic amines) is 1. The molecule has 1 heterocycles. The molecule has 174 valence electrons. The SMILES string of the molecule is Cc1c(F)ccc(CN(C(=O)NCc2ccc(OC(C)C)cc2)C2CCN(C)CC2)c1F. The maximum Gasteiger partial charge on any atom is 0.318 e. The Morgan fingerprint density at radius 1 is 1.16 bits per heavy atom. The number of carbonyl (C=O) groups excluding carboxylic acids is 1. The van der Waals surface area contributed by atoms with E-state index < -0.39 is 11.6 Å². The fourth-order valence-electron chi connectivity index (χ4n) is 3.93. The Labute approximate surface area is 189 Å². The molecule has 1 aliphatic heterocycles. The molecule has 32 heavy (non-hydrogen) atoms. The molecule has 0 bridgehead atoms. The average Bonchev–Trinajstić information content (AvgIpc) is 2.77. The lowest BCUT2D eigenvalue weighted by atomic mass is 10.0. The number of urea groups is 1. The molecule has 5 nitrogen and oxygen atoms in total. The monoisotopic (exact) mass is 445 g/mol. The smallest absolute Gasteiger partial charge is 0.318 e. The number of nitrogens with one attached hydrogen (secondary N) is 1. The van der Waals surface area contributed by atoms with Crippen LogP contribution in [0.1, 0.15) is 43.4 Å². The highest BCUT2D eigenvalue weighted by Crippen LogP contribution is 2.22. The third-order valence-electron chi connectivity index (χ3n) is 5.87. The van der Waals surface area contributed by atoms with Crippen LogP contribution in [-0.2, 0) is 13.1 Å². The third-order valence-corrected chi connectivity index (χ3v) is 5.87. The number of carbonyl (C=O) groups is 1. The standard InChI is InChI=1S/C25H33F2N3O2/c1-17(2)32-22-8-5-19(6-9-22)15-28-25(31)30(21-11-13-29(4)14-12-21)16-20-7-10-23(26)18(3)24(20)27/h5-10,17,21H,11-16H2,1-4H3,(H,28,31). The molecule has 0 aromatic heterocycles. The van der Waals surface area contributed by atoms with Crippen LogP contribution >= 0.6 is 0 Å². The summed E-state index contributed by atoms with van der Waals surface area (Å²) in [5.74, 6) is -0.381. The Morgan fingerprint density at radius 3 is 2.44 bits per heavy atom. The van der Waals surface area contributed by atoms with Crippen LogP contribution in [0.2, 0.25) is 0 Å². The van der Waals surface area contributed by atoms with E-state index in [4.69, 9.17) is 4.74 Å². The summed E-state index contributed by atoms with van der Waals surface area (Å²) in [7, 11) is 2.05. The predicted octanol–water partition coefficient (Wildman–Crippen LogP) is 4.87. The van der Waals surface area contributed by atoms with Gasteiger partial charge in [-0.2, -0.15) is 0 Å². The van der Waals surface area contributed by atoms with Gasteiger partial charge in [-0.05, 0) is 77.5 Å². The lowest BCUT2D eigenvalue weighted by Gasteiger charge is -2.37. The van der Waals surface area contributed by atoms with Gasteiger partial charge in [-0.15, -0.1) is 0 Å². The van der Waals surface area contributed by atoms with E-state index in [-0.39, 0.29) is 30.3 Å². The van der Waals surface area contributed by atoms with Gasteiger partial charge in [0.1, 0.15) is 17.4 Å². The van der Waals surface area contributed by atoms with Gasteiger partial charge in [0, 0.05) is 23.7 Å². The second-order valence-electron chi connectivity index (χ2n) is 8.78. The number of piperidine rings is 1. The Hall–Kier alpha value is -2.67. The van der Waals surface area contributed by atoms with Gasteiger partial charge in [-0.3, -0.25) is 0 Å². The zero-order chi connectivity index (χ0) is 23.3. The van der Waals surface area contributed by atoms with Crippen LogP contribution in [0.5, 0.6) is 5.75 Å². The zero-order valence-electron chi connectivity index (χ0n) is 19.3. The van der Waals surface area contributed by atoms with Crippen LogP contribution < -0.4 is 10.1 Å². The van der Waals surface area contributed by atoms with Crippen molar-refractivity contribution in [3.05, 3.63) is 64.7 Å². The summed E-state index contributed by atoms with van der Waals surface area (Å²) in [4.78, 5) is 17.1. The highest BCUT2D eigenvalue weighted by Gasteiger charge is 2.28. The first-order valence-corrected chi connectivity index (χ1v) is 11.2. The summed E-state index contributed by atoms with van der Waals surface area (Å²) in [6.45, 7) is 7.56. The number of nitrogens with zero attached hydrogens (tertiary/aromatic N) is 2. The molecule has 0 radical (unpaired) electrons. The topological polar surface area (TPSA) is 44.8 Å². The van der Waals surface area contributed by atoms with Crippen LogP contribution in [0.3, 0.4) is 0 Å². The fourth-order valence-corrected chi connectivity index (χ4v) is 3.93. The molecule has 2 aromatic rings. The second-order valence-corrected chi connectivity index (χ2v) is 8.78. The largest absolute Gasteiger partial charge is 0.491 e. The van der Waals surface area contributed by atoms with Gasteiger partial charge in [0.05, 0.1) is 12.6 Å². The van der Waals surface area contributed by atoms with Crippen molar-refractivity contribution in [3.8, 4) is 5.75 Å². The van der Waals surface area contributed by atoms with Gasteiger partial charge in [-0.25, -0.2) is 13.6 Å². The van der Waals surface area contributed by atoms with E-state index in [1.54, 1.807) is 4.90 Å². The van der Waals surface area contributed by atoms with Crippen LogP contribution in [0.25, 0.3) is 0 Å². The minimum Gasteiger partial charge on any atom is -0.491 e. The number of rotatable bonds is 7. The van der Waals surface area contributed by atoms with E-state index >= 15 is 0 Å². The Morgan fingerprint density at radius 2 is 1.81 bits per heavy atom. The van der Waals surface area contributed by atoms with Gasteiger partial charge < -0.3 is 19.9 Å². The van der Waals surface area contributed by atoms with Gasteiger partial charge in [0.25, 0.3) is 0 Å². The minimum atomic E-state index is -0.587. The summed E-state index contributed by atoms with van der Waals surface area (Å²) >= 11 is 0. The second kappa shape index (κ2) is 10.8. The normalized spacial score (nSPS) is 15.1. The first kappa shape index (κ1) is 24.0. The Kier molecular flexibility index (Phi) is 8.07. The minimum absolute atomic E-state index is 0.00206. The van der Waals surface area contributed by atoms with Crippen molar-refractivity contribution in [2.24, 2.45) is 0 Å². The van der Waals surface area contributed by atoms with E-state index in [1.165, 1.54) is 19.1 Å². The number of benzene rings is 2. The number of hydrogen-bond donors (Lipinski definition) is 1. The molecule has 1 saturated heterocycles. The van der Waals surface area contributed by atoms with Crippen molar-refractivity contribution < 1.29 is 18.3 Å². The molecular weight excluding hydrogens is 412 g/mol. The quantitative estimate of drug-likeness (QED) is 0.662. The summed E-state index contributed by atoms with van der Waals surface area (Å²) in [6, 6.07) is 10.0. The number of ether oxygens (including phenoxy) is 1. The summed E-state index contributed by atoms with van der Waals surface area (Å²) in [5.41, 5.74) is 1.25. The van der Waals surface area contributed by atoms with Crippen molar-refractivity contribution in [2.45, 2.75) is 58.8 Å². The fraction of sp³-hybridized carbons (Fsp3) is 0.480. The third kappa shape index (κ3) is 6.19. The van der Waals surface area contributed by atoms with E-state index in [2.05, 4.69) is 17.3 Å². The number of amides is 2. The molecule has 0 saturated carbocycles. The maximum atomic E-state index is 14.7. The zero-order valence-corrected chi connectivity index (χ0v) is 19.3. The molecule has 0 aliphatic carbocycles. The molecule has 1 fully saturated rings. The Balaban J connectivity index is 1.71. The van der Waals surface area contributed by atoms with Crippen LogP contribution in [-0.4, -0.2) is 48.1 Å². The van der Waals surface area contributed by atoms with Gasteiger partial charge >= 0.3 is 6.03 Å². The van der Waals surface area contributed by atoms with Crippen LogP contribution in [0, 0.1) is 18.6 Å². The van der Waals surface area contributed by atoms with Gasteiger partial charge in [0.15, 0.2) is 0 Å². The molecule has 0 unspecified atom stereocenters. The predicted molar refractivity (Wildman–Crippen MR) is 122 cm³/mol. The molecule has 7 heteroatoms. The molecule has 2 amide bonds. The van der Waals surface area contributed by atoms with Crippen molar-refractivity contribution in [1.82, 2.24) is 15.1 Å². The molecule has 0 spiro atoms. The highest BCUT2D eigenvalue weighted by atomic mass is 19.1. The molecule has 2 aromatic carbocycles. The van der Waals surface area contributed by atoms with Crippen molar-refractivity contribution in [1.29, 1.82) is 0 Å². The molecule has 1 N–H and O–H groups in total. The Bertz CT molecular complexity index is 910. The van der Waals surface area contributed by atoms with Crippen molar-refractivity contribution >= 4 is 6.03 Å². The molecule has 1 aliphatic rings. The lowest BCUT2D eigenvalue weighted by molar-refractivity contribution is 0.126. The highest BCUT2D eigenvalue weighted by molar-refractivity contribution is 5.74. The van der Waals surface area contributed by atoms with E-state index in [9.17, 15) is 13.6 Å². The average molecular weight is 446 g/mol. The van der Waals surface area contributed by atoms with E-state index in [0.29, 0.717) is 12.1 Å². The van der Waals surface area contributed by atoms with Crippen LogP contribution in [0.4, 0.5) is 13.6 Å². The van der Waals surface area contributed by atoms with E-state index in [1.807, 2.05) is 38.1 Å². The van der Waals surface area contributed by atoms with Crippen molar-refractivity contribution in [3.63, 3.8) is 0 Å². The maximum absolute atomic E-state index is 14.7. The lowest BCUT2D eigenvalue weighted by Crippen LogP contribution is -2.49. The number of halogens is 2. The summed E-state index contributed by atoms with van der Waals surface area (Å²) in [5, 5.41) is 2.97. The summed E-state index contributed by atoms with van der Waals surface area (Å²) in [6.07, 6.45) is 1.72. The van der Waals surface area contributed by atoms with Gasteiger partial charge in [-0.1, -0.05) is 18.2 Å². The molecular formula is C25H33F2N3O2. The molecule has 0 atom stereocenters. The van der Waals surface area contributed by atoms with Crippen LogP contribution in [0.15, 0.2) is 36.4 Å². The first-order chi connectivity index (χ1) is 15.2. The summed E-state index contributed by atoms with van der Waals surface area (Å²) < 4.78 is 34.0.